The average molecular weight is 561 g/mol. The molecule has 0 spiro atoms. The van der Waals surface area contributed by atoms with Gasteiger partial charge in [-0.1, -0.05) is 44.2 Å². The third-order valence-electron chi connectivity index (χ3n) is 5.41. The first kappa shape index (κ1) is 31.0. The van der Waals surface area contributed by atoms with E-state index in [0.29, 0.717) is 11.1 Å². The molecule has 0 radical (unpaired) electrons. The molecule has 0 aromatic heterocycles. The van der Waals surface area contributed by atoms with Crippen LogP contribution >= 0.6 is 0 Å². The van der Waals surface area contributed by atoms with Crippen molar-refractivity contribution in [1.29, 1.82) is 0 Å². The molecule has 13 heteroatoms. The highest BCUT2D eigenvalue weighted by Gasteiger charge is 2.31. The lowest BCUT2D eigenvalue weighted by Crippen LogP contribution is -2.53. The number of sulfonamides is 1. The van der Waals surface area contributed by atoms with Crippen molar-refractivity contribution in [2.75, 3.05) is 17.5 Å². The summed E-state index contributed by atoms with van der Waals surface area (Å²) < 4.78 is 25.6. The highest BCUT2D eigenvalue weighted by Crippen LogP contribution is 2.16. The van der Waals surface area contributed by atoms with Crippen molar-refractivity contribution < 1.29 is 37.5 Å². The van der Waals surface area contributed by atoms with Crippen molar-refractivity contribution in [3.05, 3.63) is 65.7 Å². The Labute approximate surface area is 226 Å². The molecule has 0 saturated carbocycles. The van der Waals surface area contributed by atoms with Crippen molar-refractivity contribution in [1.82, 2.24) is 15.5 Å². The zero-order valence-corrected chi connectivity index (χ0v) is 22.6. The van der Waals surface area contributed by atoms with Gasteiger partial charge in [-0.3, -0.25) is 23.9 Å². The van der Waals surface area contributed by atoms with E-state index in [-0.39, 0.29) is 24.4 Å². The summed E-state index contributed by atoms with van der Waals surface area (Å²) in [7, 11) is -3.57. The number of carboxylic acids is 1. The Morgan fingerprint density at radius 3 is 2.23 bits per heavy atom. The third-order valence-corrected chi connectivity index (χ3v) is 6.02. The van der Waals surface area contributed by atoms with Crippen LogP contribution in [0.2, 0.25) is 0 Å². The minimum Gasteiger partial charge on any atom is -0.481 e. The largest absolute Gasteiger partial charge is 0.481 e. The van der Waals surface area contributed by atoms with Gasteiger partial charge in [-0.2, -0.15) is 0 Å². The maximum atomic E-state index is 13.7. The number of carbonyl (C=O) groups excluding carboxylic acids is 4. The standard InChI is InChI=1S/C26H32N4O8S/c1-17(2)24(28-25(35)19-9-5-4-6-10-19)26(36)30(15-22(32)27-21(16-31)13-23(33)34)14-18-8-7-11-20(12-18)29-39(3,37)38/h4-12,16-17,21,24,29H,13-15H2,1-3H3,(H,27,32)(H,28,35)(H,33,34). The molecule has 0 aliphatic heterocycles. The molecule has 39 heavy (non-hydrogen) atoms. The van der Waals surface area contributed by atoms with E-state index in [9.17, 15) is 32.4 Å². The van der Waals surface area contributed by atoms with Gasteiger partial charge < -0.3 is 25.4 Å². The fraction of sp³-hybridized carbons (Fsp3) is 0.346. The van der Waals surface area contributed by atoms with E-state index in [4.69, 9.17) is 5.11 Å². The Bertz CT molecular complexity index is 1300. The van der Waals surface area contributed by atoms with Crippen molar-refractivity contribution >= 4 is 45.7 Å². The van der Waals surface area contributed by atoms with Crippen LogP contribution in [0.1, 0.15) is 36.2 Å². The summed E-state index contributed by atoms with van der Waals surface area (Å²) in [6.07, 6.45) is 0.642. The normalized spacial score (nSPS) is 12.6. The highest BCUT2D eigenvalue weighted by atomic mass is 32.2. The molecule has 4 N–H and O–H groups in total. The van der Waals surface area contributed by atoms with Crippen molar-refractivity contribution in [2.45, 2.75) is 38.9 Å². The smallest absolute Gasteiger partial charge is 0.305 e. The number of nitrogens with zero attached hydrogens (tertiary/aromatic N) is 1. The second-order valence-corrected chi connectivity index (χ2v) is 11.0. The monoisotopic (exact) mass is 560 g/mol. The number of aliphatic carboxylic acids is 1. The predicted molar refractivity (Wildman–Crippen MR) is 143 cm³/mol. The first-order chi connectivity index (χ1) is 18.3. The Kier molecular flexibility index (Phi) is 11.2. The van der Waals surface area contributed by atoms with Gasteiger partial charge in [-0.25, -0.2) is 8.42 Å². The first-order valence-electron chi connectivity index (χ1n) is 12.0. The number of rotatable bonds is 14. The van der Waals surface area contributed by atoms with Crippen molar-refractivity contribution in [3.63, 3.8) is 0 Å². The maximum Gasteiger partial charge on any atom is 0.305 e. The molecule has 2 aromatic rings. The zero-order valence-electron chi connectivity index (χ0n) is 21.8. The molecule has 2 atom stereocenters. The number of aldehydes is 1. The molecule has 3 amide bonds. The maximum absolute atomic E-state index is 13.7. The Morgan fingerprint density at radius 1 is 1.00 bits per heavy atom. The van der Waals surface area contributed by atoms with Gasteiger partial charge in [0, 0.05) is 17.8 Å². The Balaban J connectivity index is 2.35. The highest BCUT2D eigenvalue weighted by molar-refractivity contribution is 7.92. The predicted octanol–water partition coefficient (Wildman–Crippen LogP) is 1.000. The number of hydrogen-bond donors (Lipinski definition) is 4. The summed E-state index contributed by atoms with van der Waals surface area (Å²) in [5.41, 5.74) is 1.05. The fourth-order valence-corrected chi connectivity index (χ4v) is 4.21. The number of anilines is 1. The summed E-state index contributed by atoms with van der Waals surface area (Å²) >= 11 is 0. The van der Waals surface area contributed by atoms with Crippen LogP contribution in [0.25, 0.3) is 0 Å². The molecule has 2 unspecified atom stereocenters. The van der Waals surface area contributed by atoms with E-state index in [0.717, 1.165) is 11.2 Å². The van der Waals surface area contributed by atoms with E-state index in [1.165, 1.54) is 12.1 Å². The van der Waals surface area contributed by atoms with Crippen LogP contribution in [0.5, 0.6) is 0 Å². The molecule has 0 aliphatic rings. The van der Waals surface area contributed by atoms with Crippen LogP contribution in [-0.2, 0) is 35.7 Å². The average Bonchev–Trinajstić information content (AvgIpc) is 2.85. The van der Waals surface area contributed by atoms with E-state index in [2.05, 4.69) is 15.4 Å². The molecule has 0 aliphatic carbocycles. The molecule has 12 nitrogen and oxygen atoms in total. The lowest BCUT2D eigenvalue weighted by Gasteiger charge is -2.30. The van der Waals surface area contributed by atoms with Gasteiger partial charge in [0.1, 0.15) is 12.3 Å². The second kappa shape index (κ2) is 14.0. The van der Waals surface area contributed by atoms with Crippen LogP contribution in [0, 0.1) is 5.92 Å². The van der Waals surface area contributed by atoms with Crippen LogP contribution in [0.3, 0.4) is 0 Å². The second-order valence-electron chi connectivity index (χ2n) is 9.24. The van der Waals surface area contributed by atoms with Crippen LogP contribution in [0.15, 0.2) is 54.6 Å². The molecule has 0 fully saturated rings. The van der Waals surface area contributed by atoms with E-state index in [1.807, 2.05) is 0 Å². The van der Waals surface area contributed by atoms with Gasteiger partial charge in [0.2, 0.25) is 21.8 Å². The minimum absolute atomic E-state index is 0.152. The summed E-state index contributed by atoms with van der Waals surface area (Å²) in [4.78, 5) is 62.6. The molecule has 210 valence electrons. The molecular weight excluding hydrogens is 528 g/mol. The fourth-order valence-electron chi connectivity index (χ4n) is 3.65. The van der Waals surface area contributed by atoms with Crippen molar-refractivity contribution in [2.24, 2.45) is 5.92 Å². The third kappa shape index (κ3) is 10.6. The summed E-state index contributed by atoms with van der Waals surface area (Å²) in [6.45, 7) is 2.73. The molecule has 2 aromatic carbocycles. The van der Waals surface area contributed by atoms with Gasteiger partial charge >= 0.3 is 5.97 Å². The summed E-state index contributed by atoms with van der Waals surface area (Å²) in [5, 5.41) is 13.9. The van der Waals surface area contributed by atoms with Gasteiger partial charge in [0.25, 0.3) is 5.91 Å². The molecule has 0 heterocycles. The van der Waals surface area contributed by atoms with Crippen LogP contribution in [0.4, 0.5) is 5.69 Å². The van der Waals surface area contributed by atoms with Gasteiger partial charge in [-0.05, 0) is 35.7 Å². The molecule has 0 saturated heterocycles. The SMILES string of the molecule is CC(C)C(NC(=O)c1ccccc1)C(=O)N(CC(=O)NC(C=O)CC(=O)O)Cc1cccc(NS(C)(=O)=O)c1. The number of carboxylic acid groups (broad SMARTS) is 1. The molecule has 2 rings (SSSR count). The Morgan fingerprint density at radius 2 is 1.67 bits per heavy atom. The van der Waals surface area contributed by atoms with E-state index >= 15 is 0 Å². The lowest BCUT2D eigenvalue weighted by molar-refractivity contribution is -0.141. The lowest BCUT2D eigenvalue weighted by atomic mass is 10.0. The quantitative estimate of drug-likeness (QED) is 0.247. The van der Waals surface area contributed by atoms with Crippen LogP contribution < -0.4 is 15.4 Å². The number of nitrogens with one attached hydrogen (secondary N) is 3. The summed E-state index contributed by atoms with van der Waals surface area (Å²) in [6, 6.07) is 12.1. The number of hydrogen-bond acceptors (Lipinski definition) is 7. The van der Waals surface area contributed by atoms with Gasteiger partial charge in [0.15, 0.2) is 0 Å². The Hall–Kier alpha value is -4.26. The topological polar surface area (TPSA) is 179 Å². The van der Waals surface area contributed by atoms with E-state index in [1.54, 1.807) is 56.3 Å². The zero-order chi connectivity index (χ0) is 29.2. The molecule has 0 bridgehead atoms. The first-order valence-corrected chi connectivity index (χ1v) is 13.9. The van der Waals surface area contributed by atoms with Gasteiger partial charge in [-0.15, -0.1) is 0 Å². The minimum atomic E-state index is -3.57. The number of carbonyl (C=O) groups is 5. The number of amides is 3. The van der Waals surface area contributed by atoms with E-state index < -0.39 is 58.8 Å². The number of benzene rings is 2. The van der Waals surface area contributed by atoms with Crippen LogP contribution in [-0.4, -0.2) is 73.3 Å². The summed E-state index contributed by atoms with van der Waals surface area (Å²) in [5.74, 6) is -3.56. The molecular formula is C26H32N4O8S. The van der Waals surface area contributed by atoms with Gasteiger partial charge in [0.05, 0.1) is 25.3 Å². The van der Waals surface area contributed by atoms with Crippen molar-refractivity contribution in [3.8, 4) is 0 Å².